The Morgan fingerprint density at radius 1 is 1.12 bits per heavy atom. The fraction of sp³-hybridized carbons (Fsp3) is 0.500. The first kappa shape index (κ1) is 18.8. The normalized spacial score (nSPS) is 16.0. The van der Waals surface area contributed by atoms with Crippen molar-refractivity contribution in [3.05, 3.63) is 35.9 Å². The van der Waals surface area contributed by atoms with Gasteiger partial charge in [-0.3, -0.25) is 4.79 Å². The van der Waals surface area contributed by atoms with Crippen molar-refractivity contribution in [2.75, 3.05) is 27.3 Å². The van der Waals surface area contributed by atoms with Crippen molar-refractivity contribution in [3.63, 3.8) is 0 Å². The molecule has 0 unspecified atom stereocenters. The Kier molecular flexibility index (Phi) is 6.80. The molecule has 7 heteroatoms. The van der Waals surface area contributed by atoms with Gasteiger partial charge in [-0.25, -0.2) is 9.59 Å². The van der Waals surface area contributed by atoms with Crippen molar-refractivity contribution in [2.45, 2.75) is 25.3 Å². The van der Waals surface area contributed by atoms with Gasteiger partial charge >= 0.3 is 18.0 Å². The predicted molar refractivity (Wildman–Crippen MR) is 90.8 cm³/mol. The minimum atomic E-state index is -0.752. The number of carbonyl (C=O) groups is 3. The van der Waals surface area contributed by atoms with Crippen LogP contribution in [0.25, 0.3) is 0 Å². The molecule has 25 heavy (non-hydrogen) atoms. The highest BCUT2D eigenvalue weighted by Gasteiger charge is 2.30. The number of likely N-dealkylation sites (tertiary alicyclic amines) is 1. The first-order chi connectivity index (χ1) is 12.0. The average molecular weight is 348 g/mol. The number of nitrogens with zero attached hydrogens (tertiary/aromatic N) is 1. The van der Waals surface area contributed by atoms with Crippen molar-refractivity contribution in [3.8, 4) is 0 Å². The first-order valence-corrected chi connectivity index (χ1v) is 8.30. The van der Waals surface area contributed by atoms with Gasteiger partial charge in [-0.2, -0.15) is 0 Å². The highest BCUT2D eigenvalue weighted by Crippen LogP contribution is 2.18. The Morgan fingerprint density at radius 2 is 1.76 bits per heavy atom. The maximum Gasteiger partial charge on any atom is 0.328 e. The molecule has 1 fully saturated rings. The van der Waals surface area contributed by atoms with Gasteiger partial charge in [0.2, 0.25) is 0 Å². The van der Waals surface area contributed by atoms with Gasteiger partial charge in [-0.05, 0) is 18.4 Å². The third kappa shape index (κ3) is 5.20. The summed E-state index contributed by atoms with van der Waals surface area (Å²) < 4.78 is 9.55. The third-order valence-electron chi connectivity index (χ3n) is 4.38. The Hall–Kier alpha value is -2.57. The number of hydrogen-bond acceptors (Lipinski definition) is 5. The van der Waals surface area contributed by atoms with E-state index in [1.54, 1.807) is 4.90 Å². The standard InChI is InChI=1S/C18H24N2O5/c1-24-16(21)14-8-10-20(11-9-14)18(23)19-15(17(22)25-2)12-13-6-4-3-5-7-13/h3-7,14-15H,8-12H2,1-2H3,(H,19,23)/t15-/m0/s1. The number of benzene rings is 1. The van der Waals surface area contributed by atoms with Gasteiger partial charge in [0, 0.05) is 19.5 Å². The molecule has 136 valence electrons. The first-order valence-electron chi connectivity index (χ1n) is 8.30. The molecule has 1 aliphatic rings. The number of rotatable bonds is 5. The Balaban J connectivity index is 1.93. The summed E-state index contributed by atoms with van der Waals surface area (Å²) in [6.45, 7) is 0.898. The number of methoxy groups -OCH3 is 2. The minimum absolute atomic E-state index is 0.172. The van der Waals surface area contributed by atoms with E-state index in [2.05, 4.69) is 5.32 Å². The van der Waals surface area contributed by atoms with Gasteiger partial charge in [-0.1, -0.05) is 30.3 Å². The second kappa shape index (κ2) is 9.05. The molecule has 1 saturated heterocycles. The lowest BCUT2D eigenvalue weighted by Crippen LogP contribution is -2.51. The predicted octanol–water partition coefficient (Wildman–Crippen LogP) is 1.37. The molecule has 0 bridgehead atoms. The van der Waals surface area contributed by atoms with Crippen LogP contribution in [-0.2, 0) is 25.5 Å². The van der Waals surface area contributed by atoms with Crippen LogP contribution in [0, 0.1) is 5.92 Å². The molecule has 1 aromatic rings. The fourth-order valence-electron chi connectivity index (χ4n) is 2.91. The fourth-order valence-corrected chi connectivity index (χ4v) is 2.91. The maximum absolute atomic E-state index is 12.5. The number of piperidine rings is 1. The Bertz CT molecular complexity index is 597. The number of nitrogens with one attached hydrogen (secondary N) is 1. The largest absolute Gasteiger partial charge is 0.469 e. The SMILES string of the molecule is COC(=O)C1CCN(C(=O)N[C@@H](Cc2ccccc2)C(=O)OC)CC1. The summed E-state index contributed by atoms with van der Waals surface area (Å²) in [6.07, 6.45) is 1.47. The van der Waals surface area contributed by atoms with Crippen LogP contribution >= 0.6 is 0 Å². The summed E-state index contributed by atoms with van der Waals surface area (Å²) in [4.78, 5) is 37.6. The summed E-state index contributed by atoms with van der Waals surface area (Å²) >= 11 is 0. The Labute approximate surface area is 147 Å². The highest BCUT2D eigenvalue weighted by atomic mass is 16.5. The summed E-state index contributed by atoms with van der Waals surface area (Å²) in [5.41, 5.74) is 0.933. The second-order valence-electron chi connectivity index (χ2n) is 6.00. The summed E-state index contributed by atoms with van der Waals surface area (Å²) in [6, 6.07) is 8.36. The zero-order valence-electron chi connectivity index (χ0n) is 14.6. The van der Waals surface area contributed by atoms with E-state index in [-0.39, 0.29) is 17.9 Å². The zero-order valence-corrected chi connectivity index (χ0v) is 14.6. The second-order valence-corrected chi connectivity index (χ2v) is 6.00. The van der Waals surface area contributed by atoms with Crippen molar-refractivity contribution < 1.29 is 23.9 Å². The molecule has 1 N–H and O–H groups in total. The molecule has 2 amide bonds. The molecule has 1 aromatic carbocycles. The Morgan fingerprint density at radius 3 is 2.32 bits per heavy atom. The monoisotopic (exact) mass is 348 g/mol. The highest BCUT2D eigenvalue weighted by molar-refractivity contribution is 5.84. The molecule has 0 radical (unpaired) electrons. The summed E-state index contributed by atoms with van der Waals surface area (Å²) in [5.74, 6) is -0.895. The van der Waals surface area contributed by atoms with Gasteiger partial charge in [-0.15, -0.1) is 0 Å². The van der Waals surface area contributed by atoms with E-state index in [1.807, 2.05) is 30.3 Å². The van der Waals surface area contributed by atoms with Crippen molar-refractivity contribution in [1.82, 2.24) is 10.2 Å². The van der Waals surface area contributed by atoms with E-state index in [1.165, 1.54) is 14.2 Å². The van der Waals surface area contributed by atoms with E-state index in [0.29, 0.717) is 32.4 Å². The molecule has 2 rings (SSSR count). The van der Waals surface area contributed by atoms with Gasteiger partial charge in [0.15, 0.2) is 0 Å². The van der Waals surface area contributed by atoms with Crippen LogP contribution in [-0.4, -0.2) is 56.2 Å². The van der Waals surface area contributed by atoms with Crippen molar-refractivity contribution in [2.24, 2.45) is 5.92 Å². The number of urea groups is 1. The number of hydrogen-bond donors (Lipinski definition) is 1. The molecular weight excluding hydrogens is 324 g/mol. The molecule has 1 heterocycles. The van der Waals surface area contributed by atoms with E-state index in [0.717, 1.165) is 5.56 Å². The van der Waals surface area contributed by atoms with Crippen molar-refractivity contribution >= 4 is 18.0 Å². The van der Waals surface area contributed by atoms with E-state index < -0.39 is 12.0 Å². The number of esters is 2. The zero-order chi connectivity index (χ0) is 18.2. The summed E-state index contributed by atoms with van der Waals surface area (Å²) in [7, 11) is 2.67. The average Bonchev–Trinajstić information content (AvgIpc) is 2.67. The molecule has 0 aliphatic carbocycles. The lowest BCUT2D eigenvalue weighted by molar-refractivity contribution is -0.146. The van der Waals surface area contributed by atoms with Crippen LogP contribution in [0.5, 0.6) is 0 Å². The molecule has 0 spiro atoms. The van der Waals surface area contributed by atoms with Crippen LogP contribution in [0.15, 0.2) is 30.3 Å². The van der Waals surface area contributed by atoms with E-state index in [4.69, 9.17) is 9.47 Å². The maximum atomic E-state index is 12.5. The molecule has 0 saturated carbocycles. The number of amides is 2. The van der Waals surface area contributed by atoms with Crippen LogP contribution in [0.1, 0.15) is 18.4 Å². The van der Waals surface area contributed by atoms with E-state index in [9.17, 15) is 14.4 Å². The van der Waals surface area contributed by atoms with E-state index >= 15 is 0 Å². The van der Waals surface area contributed by atoms with Gasteiger partial charge in [0.25, 0.3) is 0 Å². The van der Waals surface area contributed by atoms with Crippen LogP contribution in [0.3, 0.4) is 0 Å². The summed E-state index contributed by atoms with van der Waals surface area (Å²) in [5, 5.41) is 2.74. The third-order valence-corrected chi connectivity index (χ3v) is 4.38. The molecule has 7 nitrogen and oxygen atoms in total. The minimum Gasteiger partial charge on any atom is -0.469 e. The molecule has 1 atom stereocenters. The molecule has 1 aliphatic heterocycles. The number of carbonyl (C=O) groups excluding carboxylic acids is 3. The topological polar surface area (TPSA) is 84.9 Å². The molecule has 0 aromatic heterocycles. The van der Waals surface area contributed by atoms with Gasteiger partial charge < -0.3 is 19.7 Å². The smallest absolute Gasteiger partial charge is 0.328 e. The lowest BCUT2D eigenvalue weighted by atomic mass is 9.97. The quantitative estimate of drug-likeness (QED) is 0.812. The van der Waals surface area contributed by atoms with Crippen LogP contribution in [0.4, 0.5) is 4.79 Å². The van der Waals surface area contributed by atoms with Crippen LogP contribution in [0.2, 0.25) is 0 Å². The van der Waals surface area contributed by atoms with Gasteiger partial charge in [0.1, 0.15) is 6.04 Å². The van der Waals surface area contributed by atoms with Crippen molar-refractivity contribution in [1.29, 1.82) is 0 Å². The number of ether oxygens (including phenoxy) is 2. The van der Waals surface area contributed by atoms with Crippen LogP contribution < -0.4 is 5.32 Å². The van der Waals surface area contributed by atoms with Gasteiger partial charge in [0.05, 0.1) is 20.1 Å². The molecular formula is C18H24N2O5. The lowest BCUT2D eigenvalue weighted by Gasteiger charge is -2.31.